The number of nitrogens with zero attached hydrogens (tertiary/aromatic N) is 1. The summed E-state index contributed by atoms with van der Waals surface area (Å²) in [7, 11) is 2.11. The third kappa shape index (κ3) is 3.23. The van der Waals surface area contributed by atoms with Gasteiger partial charge in [0.05, 0.1) is 0 Å². The van der Waals surface area contributed by atoms with Crippen LogP contribution in [0.3, 0.4) is 0 Å². The number of nitrogens with two attached hydrogens (primary N) is 1. The van der Waals surface area contributed by atoms with Crippen molar-refractivity contribution in [2.45, 2.75) is 25.8 Å². The summed E-state index contributed by atoms with van der Waals surface area (Å²) in [5.74, 6) is -0.0139. The first-order valence-corrected chi connectivity index (χ1v) is 6.41. The molecule has 1 amide bonds. The molecule has 1 heterocycles. The molecule has 0 aliphatic carbocycles. The standard InChI is InChI=1S/C14H21N3O/c1-10-7-11(9-12(15)8-10)14(18)16-13-3-5-17(2)6-4-13/h7-9,13H,3-6,15H2,1-2H3,(H,16,18). The highest BCUT2D eigenvalue weighted by Gasteiger charge is 2.19. The fourth-order valence-electron chi connectivity index (χ4n) is 2.37. The van der Waals surface area contributed by atoms with E-state index in [1.54, 1.807) is 6.07 Å². The molecule has 0 radical (unpaired) electrons. The van der Waals surface area contributed by atoms with Gasteiger partial charge in [-0.1, -0.05) is 0 Å². The molecule has 1 aromatic rings. The van der Waals surface area contributed by atoms with Gasteiger partial charge in [-0.05, 0) is 63.7 Å². The van der Waals surface area contributed by atoms with Gasteiger partial charge in [-0.15, -0.1) is 0 Å². The molecule has 98 valence electrons. The minimum atomic E-state index is -0.0139. The number of benzene rings is 1. The molecule has 0 spiro atoms. The highest BCUT2D eigenvalue weighted by atomic mass is 16.1. The van der Waals surface area contributed by atoms with Gasteiger partial charge in [0.25, 0.3) is 5.91 Å². The van der Waals surface area contributed by atoms with Crippen LogP contribution in [-0.2, 0) is 0 Å². The number of rotatable bonds is 2. The SMILES string of the molecule is Cc1cc(N)cc(C(=O)NC2CCN(C)CC2)c1. The molecule has 1 aliphatic rings. The zero-order chi connectivity index (χ0) is 13.1. The van der Waals surface area contributed by atoms with E-state index < -0.39 is 0 Å². The summed E-state index contributed by atoms with van der Waals surface area (Å²) >= 11 is 0. The Balaban J connectivity index is 1.99. The Kier molecular flexibility index (Phi) is 3.87. The summed E-state index contributed by atoms with van der Waals surface area (Å²) in [6.45, 7) is 4.03. The van der Waals surface area contributed by atoms with Crippen molar-refractivity contribution in [3.8, 4) is 0 Å². The van der Waals surface area contributed by atoms with Gasteiger partial charge in [0.15, 0.2) is 0 Å². The molecular formula is C14H21N3O. The molecule has 1 aromatic carbocycles. The number of hydrogen-bond acceptors (Lipinski definition) is 3. The Morgan fingerprint density at radius 3 is 2.61 bits per heavy atom. The largest absolute Gasteiger partial charge is 0.399 e. The molecule has 2 rings (SSSR count). The smallest absolute Gasteiger partial charge is 0.251 e. The Hall–Kier alpha value is -1.55. The van der Waals surface area contributed by atoms with Gasteiger partial charge in [0.1, 0.15) is 0 Å². The molecule has 0 aromatic heterocycles. The molecule has 18 heavy (non-hydrogen) atoms. The molecule has 0 atom stereocenters. The van der Waals surface area contributed by atoms with E-state index in [0.29, 0.717) is 11.3 Å². The van der Waals surface area contributed by atoms with Gasteiger partial charge in [0, 0.05) is 17.3 Å². The second-order valence-electron chi connectivity index (χ2n) is 5.18. The molecule has 3 N–H and O–H groups in total. The van der Waals surface area contributed by atoms with E-state index >= 15 is 0 Å². The fourth-order valence-corrected chi connectivity index (χ4v) is 2.37. The van der Waals surface area contributed by atoms with E-state index in [4.69, 9.17) is 5.73 Å². The fraction of sp³-hybridized carbons (Fsp3) is 0.500. The number of anilines is 1. The van der Waals surface area contributed by atoms with E-state index in [1.165, 1.54) is 0 Å². The van der Waals surface area contributed by atoms with Crippen molar-refractivity contribution >= 4 is 11.6 Å². The number of carbonyl (C=O) groups is 1. The quantitative estimate of drug-likeness (QED) is 0.777. The van der Waals surface area contributed by atoms with Crippen molar-refractivity contribution in [3.05, 3.63) is 29.3 Å². The van der Waals surface area contributed by atoms with E-state index in [1.807, 2.05) is 19.1 Å². The van der Waals surface area contributed by atoms with Crippen LogP contribution in [-0.4, -0.2) is 37.0 Å². The molecule has 1 aliphatic heterocycles. The maximum Gasteiger partial charge on any atom is 0.251 e. The van der Waals surface area contributed by atoms with Crippen molar-refractivity contribution in [1.82, 2.24) is 10.2 Å². The maximum absolute atomic E-state index is 12.1. The van der Waals surface area contributed by atoms with Crippen LogP contribution < -0.4 is 11.1 Å². The zero-order valence-electron chi connectivity index (χ0n) is 11.1. The van der Waals surface area contributed by atoms with E-state index in [0.717, 1.165) is 31.5 Å². The third-order valence-electron chi connectivity index (χ3n) is 3.42. The monoisotopic (exact) mass is 247 g/mol. The van der Waals surface area contributed by atoms with E-state index in [-0.39, 0.29) is 11.9 Å². The maximum atomic E-state index is 12.1. The van der Waals surface area contributed by atoms with Crippen LogP contribution in [0.25, 0.3) is 0 Å². The van der Waals surface area contributed by atoms with Crippen LogP contribution in [0.1, 0.15) is 28.8 Å². The van der Waals surface area contributed by atoms with E-state index in [9.17, 15) is 4.79 Å². The van der Waals surface area contributed by atoms with Crippen molar-refractivity contribution < 1.29 is 4.79 Å². The Morgan fingerprint density at radius 2 is 2.00 bits per heavy atom. The summed E-state index contributed by atoms with van der Waals surface area (Å²) in [6, 6.07) is 5.76. The molecular weight excluding hydrogens is 226 g/mol. The van der Waals surface area contributed by atoms with Crippen molar-refractivity contribution in [1.29, 1.82) is 0 Å². The number of piperidine rings is 1. The Labute approximate surface area is 108 Å². The number of nitrogens with one attached hydrogen (secondary N) is 1. The van der Waals surface area contributed by atoms with Crippen LogP contribution >= 0.6 is 0 Å². The minimum absolute atomic E-state index is 0.0139. The van der Waals surface area contributed by atoms with Crippen molar-refractivity contribution in [3.63, 3.8) is 0 Å². The highest BCUT2D eigenvalue weighted by Crippen LogP contribution is 2.13. The van der Waals surface area contributed by atoms with Gasteiger partial charge >= 0.3 is 0 Å². The molecule has 1 saturated heterocycles. The number of aryl methyl sites for hydroxylation is 1. The highest BCUT2D eigenvalue weighted by molar-refractivity contribution is 5.95. The number of amides is 1. The summed E-state index contributed by atoms with van der Waals surface area (Å²) in [5.41, 5.74) is 8.08. The predicted molar refractivity (Wildman–Crippen MR) is 73.6 cm³/mol. The number of likely N-dealkylation sites (tertiary alicyclic amines) is 1. The van der Waals surface area contributed by atoms with Crippen LogP contribution in [0.2, 0.25) is 0 Å². The average molecular weight is 247 g/mol. The lowest BCUT2D eigenvalue weighted by Crippen LogP contribution is -2.43. The molecule has 1 fully saturated rings. The van der Waals surface area contributed by atoms with Crippen LogP contribution in [0.15, 0.2) is 18.2 Å². The van der Waals surface area contributed by atoms with Gasteiger partial charge in [0.2, 0.25) is 0 Å². The molecule has 0 unspecified atom stereocenters. The lowest BCUT2D eigenvalue weighted by atomic mass is 10.0. The van der Waals surface area contributed by atoms with Gasteiger partial charge in [-0.3, -0.25) is 4.79 Å². The number of carbonyl (C=O) groups excluding carboxylic acids is 1. The second-order valence-corrected chi connectivity index (χ2v) is 5.18. The second kappa shape index (κ2) is 5.40. The third-order valence-corrected chi connectivity index (χ3v) is 3.42. The molecule has 0 bridgehead atoms. The molecule has 0 saturated carbocycles. The van der Waals surface area contributed by atoms with Crippen molar-refractivity contribution in [2.24, 2.45) is 0 Å². The Bertz CT molecular complexity index is 416. The predicted octanol–water partition coefficient (Wildman–Crippen LogP) is 1.40. The molecule has 4 heteroatoms. The van der Waals surface area contributed by atoms with Crippen molar-refractivity contribution in [2.75, 3.05) is 25.9 Å². The Morgan fingerprint density at radius 1 is 1.33 bits per heavy atom. The topological polar surface area (TPSA) is 58.4 Å². The number of hydrogen-bond donors (Lipinski definition) is 2. The van der Waals surface area contributed by atoms with Gasteiger partial charge < -0.3 is 16.0 Å². The summed E-state index contributed by atoms with van der Waals surface area (Å²) in [5, 5.41) is 3.09. The normalized spacial score (nSPS) is 17.7. The van der Waals surface area contributed by atoms with Crippen LogP contribution in [0.5, 0.6) is 0 Å². The number of nitrogen functional groups attached to an aromatic ring is 1. The van der Waals surface area contributed by atoms with Gasteiger partial charge in [-0.2, -0.15) is 0 Å². The lowest BCUT2D eigenvalue weighted by Gasteiger charge is -2.29. The van der Waals surface area contributed by atoms with E-state index in [2.05, 4.69) is 17.3 Å². The summed E-state index contributed by atoms with van der Waals surface area (Å²) in [6.07, 6.45) is 2.03. The first kappa shape index (κ1) is 12.9. The summed E-state index contributed by atoms with van der Waals surface area (Å²) < 4.78 is 0. The van der Waals surface area contributed by atoms with Crippen LogP contribution in [0, 0.1) is 6.92 Å². The average Bonchev–Trinajstić information content (AvgIpc) is 2.31. The summed E-state index contributed by atoms with van der Waals surface area (Å²) in [4.78, 5) is 14.4. The molecule has 4 nitrogen and oxygen atoms in total. The minimum Gasteiger partial charge on any atom is -0.399 e. The first-order chi connectivity index (χ1) is 8.54. The zero-order valence-corrected chi connectivity index (χ0v) is 11.1. The van der Waals surface area contributed by atoms with Crippen LogP contribution in [0.4, 0.5) is 5.69 Å². The first-order valence-electron chi connectivity index (χ1n) is 6.41. The van der Waals surface area contributed by atoms with Gasteiger partial charge in [-0.25, -0.2) is 0 Å². The lowest BCUT2D eigenvalue weighted by molar-refractivity contribution is 0.0917.